The maximum atomic E-state index is 10.8. The number of hydrogen-bond acceptors (Lipinski definition) is 4. The molecular formula is C12H23NO3S. The van der Waals surface area contributed by atoms with Crippen LogP contribution in [0.2, 0.25) is 0 Å². The third kappa shape index (κ3) is 6.29. The van der Waals surface area contributed by atoms with Gasteiger partial charge in [0.2, 0.25) is 0 Å². The number of carbonyl (C=O) groups is 1. The van der Waals surface area contributed by atoms with Crippen molar-refractivity contribution in [2.45, 2.75) is 32.2 Å². The van der Waals surface area contributed by atoms with Crippen LogP contribution < -0.4 is 0 Å². The van der Waals surface area contributed by atoms with Gasteiger partial charge >= 0.3 is 5.97 Å². The minimum atomic E-state index is -0.700. The molecule has 1 fully saturated rings. The Labute approximate surface area is 108 Å². The van der Waals surface area contributed by atoms with Gasteiger partial charge in [0.05, 0.1) is 13.0 Å². The first-order valence-corrected chi connectivity index (χ1v) is 7.50. The third-order valence-electron chi connectivity index (χ3n) is 2.92. The Balaban J connectivity index is 2.20. The molecule has 1 atom stereocenters. The summed E-state index contributed by atoms with van der Waals surface area (Å²) in [7, 11) is 0. The normalized spacial score (nSPS) is 21.6. The van der Waals surface area contributed by atoms with Crippen LogP contribution in [0, 0.1) is 0 Å². The molecule has 0 aromatic rings. The zero-order chi connectivity index (χ0) is 12.5. The van der Waals surface area contributed by atoms with Gasteiger partial charge in [-0.1, -0.05) is 13.3 Å². The average molecular weight is 261 g/mol. The van der Waals surface area contributed by atoms with Crippen LogP contribution in [0.1, 0.15) is 26.2 Å². The van der Waals surface area contributed by atoms with Crippen molar-refractivity contribution in [1.82, 2.24) is 4.90 Å². The topological polar surface area (TPSA) is 49.8 Å². The van der Waals surface area contributed by atoms with E-state index in [-0.39, 0.29) is 12.5 Å². The Bertz CT molecular complexity index is 226. The Morgan fingerprint density at radius 3 is 3.06 bits per heavy atom. The molecule has 0 saturated carbocycles. The number of carboxylic acids is 1. The summed E-state index contributed by atoms with van der Waals surface area (Å²) in [6, 6.07) is 0.182. The first-order valence-electron chi connectivity index (χ1n) is 6.35. The standard InChI is InChI=1S/C12H23NO3S/c1-2-3-6-16-7-4-13-5-8-17-10-11(13)9-12(14)15/h11H,2-10H2,1H3,(H,14,15). The highest BCUT2D eigenvalue weighted by atomic mass is 32.2. The molecule has 0 amide bonds. The molecule has 1 heterocycles. The first kappa shape index (κ1) is 14.8. The molecule has 1 N–H and O–H groups in total. The number of nitrogens with zero attached hydrogens (tertiary/aromatic N) is 1. The van der Waals surface area contributed by atoms with E-state index in [0.29, 0.717) is 0 Å². The fourth-order valence-electron chi connectivity index (χ4n) is 1.90. The fourth-order valence-corrected chi connectivity index (χ4v) is 3.03. The van der Waals surface area contributed by atoms with E-state index in [1.165, 1.54) is 0 Å². The van der Waals surface area contributed by atoms with Crippen molar-refractivity contribution in [2.75, 3.05) is 37.8 Å². The molecule has 0 radical (unpaired) electrons. The fraction of sp³-hybridized carbons (Fsp3) is 0.917. The molecule has 0 aliphatic carbocycles. The molecule has 100 valence electrons. The summed E-state index contributed by atoms with van der Waals surface area (Å²) in [6.45, 7) is 5.54. The lowest BCUT2D eigenvalue weighted by atomic mass is 10.2. The summed E-state index contributed by atoms with van der Waals surface area (Å²) in [6.07, 6.45) is 2.51. The van der Waals surface area contributed by atoms with Gasteiger partial charge < -0.3 is 9.84 Å². The number of carboxylic acid groups (broad SMARTS) is 1. The lowest BCUT2D eigenvalue weighted by Gasteiger charge is -2.34. The summed E-state index contributed by atoms with van der Waals surface area (Å²) in [4.78, 5) is 13.0. The molecule has 0 bridgehead atoms. The average Bonchev–Trinajstić information content (AvgIpc) is 2.30. The molecule has 1 aliphatic heterocycles. The maximum Gasteiger partial charge on any atom is 0.304 e. The smallest absolute Gasteiger partial charge is 0.304 e. The van der Waals surface area contributed by atoms with Crippen LogP contribution in [-0.2, 0) is 9.53 Å². The summed E-state index contributed by atoms with van der Waals surface area (Å²) in [5, 5.41) is 8.86. The van der Waals surface area contributed by atoms with Crippen LogP contribution >= 0.6 is 11.8 Å². The van der Waals surface area contributed by atoms with Crippen LogP contribution in [0.3, 0.4) is 0 Å². The van der Waals surface area contributed by atoms with Crippen LogP contribution in [0.25, 0.3) is 0 Å². The van der Waals surface area contributed by atoms with Gasteiger partial charge in [0.1, 0.15) is 0 Å². The van der Waals surface area contributed by atoms with Gasteiger partial charge in [-0.15, -0.1) is 0 Å². The molecule has 5 heteroatoms. The molecule has 17 heavy (non-hydrogen) atoms. The van der Waals surface area contributed by atoms with Crippen molar-refractivity contribution in [1.29, 1.82) is 0 Å². The van der Waals surface area contributed by atoms with E-state index in [9.17, 15) is 4.79 Å². The predicted octanol–water partition coefficient (Wildman–Crippen LogP) is 1.70. The van der Waals surface area contributed by atoms with Crippen molar-refractivity contribution in [3.8, 4) is 0 Å². The lowest BCUT2D eigenvalue weighted by molar-refractivity contribution is -0.138. The molecule has 1 saturated heterocycles. The van der Waals surface area contributed by atoms with Gasteiger partial charge in [-0.05, 0) is 6.42 Å². The largest absolute Gasteiger partial charge is 0.481 e. The number of unbranched alkanes of at least 4 members (excludes halogenated alkanes) is 1. The highest BCUT2D eigenvalue weighted by Crippen LogP contribution is 2.18. The Morgan fingerprint density at radius 1 is 1.53 bits per heavy atom. The van der Waals surface area contributed by atoms with E-state index in [2.05, 4.69) is 11.8 Å². The molecule has 1 rings (SSSR count). The van der Waals surface area contributed by atoms with Crippen molar-refractivity contribution < 1.29 is 14.6 Å². The number of ether oxygens (including phenoxy) is 1. The van der Waals surface area contributed by atoms with Gasteiger partial charge in [0.25, 0.3) is 0 Å². The second kappa shape index (κ2) is 8.78. The molecule has 0 aromatic heterocycles. The first-order chi connectivity index (χ1) is 8.24. The van der Waals surface area contributed by atoms with Crippen molar-refractivity contribution in [3.05, 3.63) is 0 Å². The highest BCUT2D eigenvalue weighted by Gasteiger charge is 2.24. The van der Waals surface area contributed by atoms with Gasteiger partial charge in [-0.2, -0.15) is 11.8 Å². The molecule has 4 nitrogen and oxygen atoms in total. The van der Waals surface area contributed by atoms with Crippen molar-refractivity contribution in [2.24, 2.45) is 0 Å². The zero-order valence-electron chi connectivity index (χ0n) is 10.6. The van der Waals surface area contributed by atoms with E-state index < -0.39 is 5.97 Å². The lowest BCUT2D eigenvalue weighted by Crippen LogP contribution is -2.45. The molecule has 1 aliphatic rings. The van der Waals surface area contributed by atoms with Crippen molar-refractivity contribution in [3.63, 3.8) is 0 Å². The van der Waals surface area contributed by atoms with Gasteiger partial charge in [0.15, 0.2) is 0 Å². The third-order valence-corrected chi connectivity index (χ3v) is 4.02. The Morgan fingerprint density at radius 2 is 2.35 bits per heavy atom. The summed E-state index contributed by atoms with van der Waals surface area (Å²) >= 11 is 1.85. The van der Waals surface area contributed by atoms with Gasteiger partial charge in [-0.25, -0.2) is 0 Å². The number of hydrogen-bond donors (Lipinski definition) is 1. The molecule has 1 unspecified atom stereocenters. The number of rotatable bonds is 8. The minimum Gasteiger partial charge on any atom is -0.481 e. The van der Waals surface area contributed by atoms with E-state index in [0.717, 1.165) is 50.7 Å². The van der Waals surface area contributed by atoms with Crippen LogP contribution in [-0.4, -0.2) is 59.8 Å². The number of thioether (sulfide) groups is 1. The SMILES string of the molecule is CCCCOCCN1CCSCC1CC(=O)O. The number of aliphatic carboxylic acids is 1. The molecular weight excluding hydrogens is 238 g/mol. The Hall–Kier alpha value is -0.260. The minimum absolute atomic E-state index is 0.182. The van der Waals surface area contributed by atoms with Gasteiger partial charge in [-0.3, -0.25) is 9.69 Å². The van der Waals surface area contributed by atoms with E-state index in [1.807, 2.05) is 11.8 Å². The van der Waals surface area contributed by atoms with Crippen molar-refractivity contribution >= 4 is 17.7 Å². The summed E-state index contributed by atoms with van der Waals surface area (Å²) in [5.74, 6) is 1.33. The van der Waals surface area contributed by atoms with Crippen LogP contribution in [0.15, 0.2) is 0 Å². The summed E-state index contributed by atoms with van der Waals surface area (Å²) in [5.41, 5.74) is 0. The van der Waals surface area contributed by atoms with E-state index in [4.69, 9.17) is 9.84 Å². The maximum absolute atomic E-state index is 10.8. The van der Waals surface area contributed by atoms with E-state index >= 15 is 0 Å². The molecule has 0 aromatic carbocycles. The zero-order valence-corrected chi connectivity index (χ0v) is 11.4. The van der Waals surface area contributed by atoms with Gasteiger partial charge in [0, 0.05) is 37.2 Å². The monoisotopic (exact) mass is 261 g/mol. The van der Waals surface area contributed by atoms with Crippen LogP contribution in [0.4, 0.5) is 0 Å². The summed E-state index contributed by atoms with van der Waals surface area (Å²) < 4.78 is 5.53. The van der Waals surface area contributed by atoms with E-state index in [1.54, 1.807) is 0 Å². The quantitative estimate of drug-likeness (QED) is 0.674. The van der Waals surface area contributed by atoms with Crippen LogP contribution in [0.5, 0.6) is 0 Å². The molecule has 0 spiro atoms. The second-order valence-electron chi connectivity index (χ2n) is 4.33. The Kier molecular flexibility index (Phi) is 7.64. The predicted molar refractivity (Wildman–Crippen MR) is 70.7 cm³/mol. The highest BCUT2D eigenvalue weighted by molar-refractivity contribution is 7.99. The second-order valence-corrected chi connectivity index (χ2v) is 5.48.